The summed E-state index contributed by atoms with van der Waals surface area (Å²) in [6.45, 7) is 4.06. The van der Waals surface area contributed by atoms with E-state index in [2.05, 4.69) is 10.3 Å². The Kier molecular flexibility index (Phi) is 7.02. The van der Waals surface area contributed by atoms with Crippen molar-refractivity contribution in [3.05, 3.63) is 74.2 Å². The molecule has 2 heterocycles. The lowest BCUT2D eigenvalue weighted by Gasteiger charge is -2.33. The molecular formula is C22H19Cl3N4O2S. The van der Waals surface area contributed by atoms with Gasteiger partial charge < -0.3 is 10.2 Å². The van der Waals surface area contributed by atoms with Gasteiger partial charge >= 0.3 is 0 Å². The van der Waals surface area contributed by atoms with Gasteiger partial charge in [-0.1, -0.05) is 34.8 Å². The van der Waals surface area contributed by atoms with Crippen LogP contribution >= 0.6 is 46.1 Å². The van der Waals surface area contributed by atoms with Crippen LogP contribution in [0.1, 0.15) is 27.8 Å². The Balaban J connectivity index is 1.72. The topological polar surface area (TPSA) is 65.5 Å². The third-order valence-electron chi connectivity index (χ3n) is 5.11. The van der Waals surface area contributed by atoms with Crippen molar-refractivity contribution in [1.82, 2.24) is 15.2 Å². The number of thiazole rings is 1. The summed E-state index contributed by atoms with van der Waals surface area (Å²) < 4.78 is 0. The quantitative estimate of drug-likeness (QED) is 0.503. The average Bonchev–Trinajstić information content (AvgIpc) is 3.25. The summed E-state index contributed by atoms with van der Waals surface area (Å²) in [4.78, 5) is 34.3. The van der Waals surface area contributed by atoms with E-state index in [1.807, 2.05) is 6.92 Å². The van der Waals surface area contributed by atoms with Gasteiger partial charge in [0.05, 0.1) is 16.3 Å². The molecule has 1 atom stereocenters. The minimum absolute atomic E-state index is 0.0586. The van der Waals surface area contributed by atoms with Crippen LogP contribution in [0, 0.1) is 0 Å². The largest absolute Gasteiger partial charge is 0.332 e. The summed E-state index contributed by atoms with van der Waals surface area (Å²) in [5.74, 6) is -0.549. The van der Waals surface area contributed by atoms with E-state index in [4.69, 9.17) is 34.8 Å². The number of carbonyl (C=O) groups excluding carboxylic acids is 2. The second-order valence-corrected chi connectivity index (χ2v) is 9.42. The van der Waals surface area contributed by atoms with E-state index in [9.17, 15) is 9.59 Å². The van der Waals surface area contributed by atoms with Gasteiger partial charge in [0.1, 0.15) is 5.69 Å². The first-order chi connectivity index (χ1) is 15.3. The number of rotatable bonds is 4. The van der Waals surface area contributed by atoms with Gasteiger partial charge in [-0.3, -0.25) is 14.5 Å². The number of anilines is 2. The second kappa shape index (κ2) is 9.77. The number of hydrogen-bond acceptors (Lipinski definition) is 5. The fourth-order valence-electron chi connectivity index (χ4n) is 3.44. The molecule has 0 radical (unpaired) electrons. The monoisotopic (exact) mass is 508 g/mol. The first-order valence-corrected chi connectivity index (χ1v) is 11.9. The number of aromatic nitrogens is 1. The highest BCUT2D eigenvalue weighted by molar-refractivity contribution is 7.14. The predicted octanol–water partition coefficient (Wildman–Crippen LogP) is 5.52. The molecule has 1 aliphatic rings. The average molecular weight is 510 g/mol. The molecule has 2 aromatic carbocycles. The van der Waals surface area contributed by atoms with Crippen LogP contribution in [-0.4, -0.2) is 47.4 Å². The minimum Gasteiger partial charge on any atom is -0.332 e. The number of carbonyl (C=O) groups is 2. The number of amides is 2. The Bertz CT molecular complexity index is 1150. The highest BCUT2D eigenvalue weighted by Gasteiger charge is 2.29. The van der Waals surface area contributed by atoms with Crippen LogP contribution in [-0.2, 0) is 0 Å². The van der Waals surface area contributed by atoms with E-state index < -0.39 is 5.91 Å². The molecule has 1 N–H and O–H groups in total. The number of nitrogens with zero attached hydrogens (tertiary/aromatic N) is 3. The molecule has 4 rings (SSSR count). The summed E-state index contributed by atoms with van der Waals surface area (Å²) in [5.41, 5.74) is 1.12. The maximum Gasteiger partial charge on any atom is 0.273 e. The van der Waals surface area contributed by atoms with Crippen molar-refractivity contribution in [1.29, 1.82) is 0 Å². The van der Waals surface area contributed by atoms with Gasteiger partial charge in [0.25, 0.3) is 11.8 Å². The predicted molar refractivity (Wildman–Crippen MR) is 130 cm³/mol. The Morgan fingerprint density at radius 3 is 2.53 bits per heavy atom. The first-order valence-electron chi connectivity index (χ1n) is 9.87. The number of halogens is 3. The molecule has 10 heteroatoms. The molecule has 2 amide bonds. The fraction of sp³-hybridized carbons (Fsp3) is 0.227. The standard InChI is InChI=1S/C22H19Cl3N4O2S/c1-13-11-26-8-9-28(13)21(31)19-12-32-22(27-19)29(16-5-2-14(23)3-6-16)20(30)17-7-4-15(24)10-18(17)25/h2-7,10,12-13,26H,8-9,11H2,1H3. The van der Waals surface area contributed by atoms with Crippen LogP contribution in [0.5, 0.6) is 0 Å². The maximum atomic E-state index is 13.5. The minimum atomic E-state index is -0.391. The SMILES string of the molecule is CC1CNCCN1C(=O)c1csc(N(C(=O)c2ccc(Cl)cc2Cl)c2ccc(Cl)cc2)n1. The molecule has 1 saturated heterocycles. The summed E-state index contributed by atoms with van der Waals surface area (Å²) in [6.07, 6.45) is 0. The lowest BCUT2D eigenvalue weighted by atomic mass is 10.2. The summed E-state index contributed by atoms with van der Waals surface area (Å²) in [5, 5.41) is 6.48. The Hall–Kier alpha value is -2.16. The van der Waals surface area contributed by atoms with Crippen molar-refractivity contribution in [3.8, 4) is 0 Å². The summed E-state index contributed by atoms with van der Waals surface area (Å²) in [7, 11) is 0. The van der Waals surface area contributed by atoms with Gasteiger partial charge in [-0.05, 0) is 49.4 Å². The molecule has 1 aromatic heterocycles. The normalized spacial score (nSPS) is 16.1. The Labute approximate surface area is 204 Å². The van der Waals surface area contributed by atoms with Crippen molar-refractivity contribution >= 4 is 68.8 Å². The van der Waals surface area contributed by atoms with Gasteiger partial charge in [0.15, 0.2) is 5.13 Å². The maximum absolute atomic E-state index is 13.5. The van der Waals surface area contributed by atoms with Crippen LogP contribution in [0.25, 0.3) is 0 Å². The van der Waals surface area contributed by atoms with Gasteiger partial charge in [-0.2, -0.15) is 0 Å². The smallest absolute Gasteiger partial charge is 0.273 e. The number of benzene rings is 2. The van der Waals surface area contributed by atoms with Crippen molar-refractivity contribution < 1.29 is 9.59 Å². The van der Waals surface area contributed by atoms with Crippen molar-refractivity contribution in [2.45, 2.75) is 13.0 Å². The van der Waals surface area contributed by atoms with Crippen LogP contribution in [0.3, 0.4) is 0 Å². The number of nitrogens with one attached hydrogen (secondary N) is 1. The van der Waals surface area contributed by atoms with Crippen LogP contribution < -0.4 is 10.2 Å². The fourth-order valence-corrected chi connectivity index (χ4v) is 4.87. The molecule has 6 nitrogen and oxygen atoms in total. The van der Waals surface area contributed by atoms with Crippen molar-refractivity contribution in [2.75, 3.05) is 24.5 Å². The number of hydrogen-bond donors (Lipinski definition) is 1. The molecule has 166 valence electrons. The molecular weight excluding hydrogens is 491 g/mol. The van der Waals surface area contributed by atoms with E-state index in [-0.39, 0.29) is 22.5 Å². The number of piperazine rings is 1. The molecule has 0 aliphatic carbocycles. The molecule has 1 aliphatic heterocycles. The lowest BCUT2D eigenvalue weighted by molar-refractivity contribution is 0.0650. The van der Waals surface area contributed by atoms with Gasteiger partial charge in [-0.25, -0.2) is 4.98 Å². The molecule has 0 saturated carbocycles. The van der Waals surface area contributed by atoms with E-state index in [1.54, 1.807) is 46.7 Å². The first kappa shape index (κ1) is 23.0. The highest BCUT2D eigenvalue weighted by Crippen LogP contribution is 2.33. The lowest BCUT2D eigenvalue weighted by Crippen LogP contribution is -2.52. The molecule has 0 bridgehead atoms. The van der Waals surface area contributed by atoms with Gasteiger partial charge in [0.2, 0.25) is 0 Å². The van der Waals surface area contributed by atoms with E-state index in [0.29, 0.717) is 33.1 Å². The van der Waals surface area contributed by atoms with Crippen molar-refractivity contribution in [3.63, 3.8) is 0 Å². The molecule has 1 fully saturated rings. The summed E-state index contributed by atoms with van der Waals surface area (Å²) in [6, 6.07) is 11.5. The zero-order chi connectivity index (χ0) is 22.8. The van der Waals surface area contributed by atoms with E-state index in [1.165, 1.54) is 22.3 Å². The summed E-state index contributed by atoms with van der Waals surface area (Å²) >= 11 is 19.6. The van der Waals surface area contributed by atoms with Crippen LogP contribution in [0.2, 0.25) is 15.1 Å². The zero-order valence-corrected chi connectivity index (χ0v) is 20.1. The third kappa shape index (κ3) is 4.77. The van der Waals surface area contributed by atoms with Gasteiger partial charge in [0, 0.05) is 41.1 Å². The molecule has 1 unspecified atom stereocenters. The Morgan fingerprint density at radius 1 is 1.12 bits per heavy atom. The second-order valence-electron chi connectivity index (χ2n) is 7.31. The molecule has 3 aromatic rings. The Morgan fingerprint density at radius 2 is 1.84 bits per heavy atom. The zero-order valence-electron chi connectivity index (χ0n) is 17.0. The molecule has 0 spiro atoms. The highest BCUT2D eigenvalue weighted by atomic mass is 35.5. The van der Waals surface area contributed by atoms with E-state index >= 15 is 0 Å². The van der Waals surface area contributed by atoms with E-state index in [0.717, 1.165) is 13.1 Å². The third-order valence-corrected chi connectivity index (χ3v) is 6.74. The van der Waals surface area contributed by atoms with Gasteiger partial charge in [-0.15, -0.1) is 11.3 Å². The van der Waals surface area contributed by atoms with Crippen molar-refractivity contribution in [2.24, 2.45) is 0 Å². The molecule has 32 heavy (non-hydrogen) atoms. The van der Waals surface area contributed by atoms with Crippen LogP contribution in [0.15, 0.2) is 47.8 Å². The van der Waals surface area contributed by atoms with Crippen LogP contribution in [0.4, 0.5) is 10.8 Å².